The van der Waals surface area contributed by atoms with Crippen molar-refractivity contribution in [2.75, 3.05) is 6.54 Å². The molecule has 1 unspecified atom stereocenters. The zero-order chi connectivity index (χ0) is 12.0. The number of terminal acetylenes is 1. The number of hydrogen-bond donors (Lipinski definition) is 1. The molecular weight excluding hydrogens is 241 g/mol. The summed E-state index contributed by atoms with van der Waals surface area (Å²) in [6, 6.07) is 6.00. The van der Waals surface area contributed by atoms with Crippen LogP contribution >= 0.6 is 23.2 Å². The Morgan fingerprint density at radius 3 is 2.69 bits per heavy atom. The Kier molecular flexibility index (Phi) is 5.69. The molecule has 1 nitrogen and oxygen atoms in total. The Bertz CT molecular complexity index is 382. The Balaban J connectivity index is 2.71. The molecule has 0 aliphatic carbocycles. The first kappa shape index (κ1) is 13.4. The predicted octanol–water partition coefficient (Wildman–Crippen LogP) is 4.06. The van der Waals surface area contributed by atoms with Crippen LogP contribution < -0.4 is 5.32 Å². The molecule has 0 aromatic heterocycles. The van der Waals surface area contributed by atoms with Gasteiger partial charge in [-0.25, -0.2) is 0 Å². The molecule has 0 bridgehead atoms. The third-order valence-electron chi connectivity index (χ3n) is 2.41. The lowest BCUT2D eigenvalue weighted by molar-refractivity contribution is 0.527. The Labute approximate surface area is 107 Å². The van der Waals surface area contributed by atoms with Crippen molar-refractivity contribution < 1.29 is 0 Å². The third kappa shape index (κ3) is 3.72. The van der Waals surface area contributed by atoms with Crippen molar-refractivity contribution in [1.29, 1.82) is 0 Å². The van der Waals surface area contributed by atoms with Gasteiger partial charge < -0.3 is 5.32 Å². The highest BCUT2D eigenvalue weighted by atomic mass is 35.5. The first-order valence-electron chi connectivity index (χ1n) is 5.30. The number of nitrogens with one attached hydrogen (secondary N) is 1. The van der Waals surface area contributed by atoms with Crippen LogP contribution in [0.1, 0.15) is 31.4 Å². The molecule has 0 aliphatic heterocycles. The van der Waals surface area contributed by atoms with E-state index in [0.29, 0.717) is 10.0 Å². The van der Waals surface area contributed by atoms with Gasteiger partial charge in [0.2, 0.25) is 0 Å². The SMILES string of the molecule is C#CCCNC(CC)c1ccc(Cl)c(Cl)c1. The summed E-state index contributed by atoms with van der Waals surface area (Å²) in [4.78, 5) is 0. The first-order valence-corrected chi connectivity index (χ1v) is 6.06. The van der Waals surface area contributed by atoms with Crippen molar-refractivity contribution in [3.8, 4) is 12.3 Å². The lowest BCUT2D eigenvalue weighted by Gasteiger charge is -2.17. The van der Waals surface area contributed by atoms with E-state index in [9.17, 15) is 0 Å². The van der Waals surface area contributed by atoms with Gasteiger partial charge in [-0.2, -0.15) is 0 Å². The topological polar surface area (TPSA) is 12.0 Å². The van der Waals surface area contributed by atoms with Gasteiger partial charge in [0.1, 0.15) is 0 Å². The lowest BCUT2D eigenvalue weighted by atomic mass is 10.0. The maximum Gasteiger partial charge on any atom is 0.0595 e. The van der Waals surface area contributed by atoms with Crippen molar-refractivity contribution in [3.05, 3.63) is 33.8 Å². The van der Waals surface area contributed by atoms with E-state index in [-0.39, 0.29) is 6.04 Å². The summed E-state index contributed by atoms with van der Waals surface area (Å²) in [6.45, 7) is 2.94. The van der Waals surface area contributed by atoms with E-state index < -0.39 is 0 Å². The van der Waals surface area contributed by atoms with E-state index >= 15 is 0 Å². The van der Waals surface area contributed by atoms with Crippen LogP contribution in [-0.2, 0) is 0 Å². The number of rotatable bonds is 5. The molecule has 0 radical (unpaired) electrons. The molecule has 0 heterocycles. The van der Waals surface area contributed by atoms with Crippen molar-refractivity contribution in [2.24, 2.45) is 0 Å². The highest BCUT2D eigenvalue weighted by molar-refractivity contribution is 6.42. The lowest BCUT2D eigenvalue weighted by Crippen LogP contribution is -2.21. The van der Waals surface area contributed by atoms with Crippen LogP contribution in [0.5, 0.6) is 0 Å². The van der Waals surface area contributed by atoms with Crippen molar-refractivity contribution in [2.45, 2.75) is 25.8 Å². The molecule has 1 aromatic rings. The Morgan fingerprint density at radius 2 is 2.12 bits per heavy atom. The molecule has 1 aromatic carbocycles. The van der Waals surface area contributed by atoms with E-state index in [2.05, 4.69) is 18.2 Å². The summed E-state index contributed by atoms with van der Waals surface area (Å²) in [6.07, 6.45) is 6.93. The maximum atomic E-state index is 5.98. The molecular formula is C13H15Cl2N. The molecule has 0 aliphatic rings. The highest BCUT2D eigenvalue weighted by Crippen LogP contribution is 2.26. The predicted molar refractivity (Wildman–Crippen MR) is 70.9 cm³/mol. The zero-order valence-electron chi connectivity index (χ0n) is 9.26. The summed E-state index contributed by atoms with van der Waals surface area (Å²) < 4.78 is 0. The fourth-order valence-electron chi connectivity index (χ4n) is 1.55. The first-order chi connectivity index (χ1) is 7.69. The van der Waals surface area contributed by atoms with Crippen LogP contribution in [0.3, 0.4) is 0 Å². The van der Waals surface area contributed by atoms with E-state index in [0.717, 1.165) is 24.9 Å². The maximum absolute atomic E-state index is 5.98. The summed E-state index contributed by atoms with van der Waals surface area (Å²) in [7, 11) is 0. The number of halogens is 2. The second-order valence-corrected chi connectivity index (χ2v) is 4.36. The van der Waals surface area contributed by atoms with Crippen molar-refractivity contribution >= 4 is 23.2 Å². The summed E-state index contributed by atoms with van der Waals surface area (Å²) in [5.41, 5.74) is 1.15. The van der Waals surface area contributed by atoms with Gasteiger partial charge in [-0.15, -0.1) is 12.3 Å². The molecule has 0 amide bonds. The van der Waals surface area contributed by atoms with Crippen LogP contribution in [-0.4, -0.2) is 6.54 Å². The summed E-state index contributed by atoms with van der Waals surface area (Å²) >= 11 is 11.9. The van der Waals surface area contributed by atoms with Crippen LogP contribution in [0.4, 0.5) is 0 Å². The summed E-state index contributed by atoms with van der Waals surface area (Å²) in [5, 5.41) is 4.57. The van der Waals surface area contributed by atoms with E-state index in [1.165, 1.54) is 0 Å². The Hall–Kier alpha value is -0.680. The van der Waals surface area contributed by atoms with Gasteiger partial charge in [0, 0.05) is 19.0 Å². The number of benzene rings is 1. The van der Waals surface area contributed by atoms with Gasteiger partial charge in [-0.05, 0) is 24.1 Å². The molecule has 16 heavy (non-hydrogen) atoms. The second-order valence-electron chi connectivity index (χ2n) is 3.54. The minimum absolute atomic E-state index is 0.281. The standard InChI is InChI=1S/C13H15Cl2N/c1-3-5-8-16-13(4-2)10-6-7-11(14)12(15)9-10/h1,6-7,9,13,16H,4-5,8H2,2H3. The second kappa shape index (κ2) is 6.81. The molecule has 0 saturated heterocycles. The molecule has 86 valence electrons. The molecule has 1 rings (SSSR count). The van der Waals surface area contributed by atoms with Gasteiger partial charge in [0.15, 0.2) is 0 Å². The van der Waals surface area contributed by atoms with Crippen LogP contribution in [0, 0.1) is 12.3 Å². The third-order valence-corrected chi connectivity index (χ3v) is 3.15. The normalized spacial score (nSPS) is 12.1. The van der Waals surface area contributed by atoms with Crippen LogP contribution in [0.2, 0.25) is 10.0 Å². The molecule has 0 spiro atoms. The quantitative estimate of drug-likeness (QED) is 0.618. The van der Waals surface area contributed by atoms with E-state index in [1.807, 2.05) is 18.2 Å². The highest BCUT2D eigenvalue weighted by Gasteiger charge is 2.09. The van der Waals surface area contributed by atoms with Crippen LogP contribution in [0.15, 0.2) is 18.2 Å². The van der Waals surface area contributed by atoms with Crippen molar-refractivity contribution in [1.82, 2.24) is 5.32 Å². The fraction of sp³-hybridized carbons (Fsp3) is 0.385. The van der Waals surface area contributed by atoms with Crippen LogP contribution in [0.25, 0.3) is 0 Å². The average molecular weight is 256 g/mol. The minimum atomic E-state index is 0.281. The number of hydrogen-bond acceptors (Lipinski definition) is 1. The van der Waals surface area contributed by atoms with Gasteiger partial charge >= 0.3 is 0 Å². The van der Waals surface area contributed by atoms with Gasteiger partial charge in [-0.1, -0.05) is 36.2 Å². The van der Waals surface area contributed by atoms with Gasteiger partial charge in [-0.3, -0.25) is 0 Å². The van der Waals surface area contributed by atoms with Gasteiger partial charge in [0.25, 0.3) is 0 Å². The molecule has 1 atom stereocenters. The zero-order valence-corrected chi connectivity index (χ0v) is 10.8. The van der Waals surface area contributed by atoms with E-state index in [1.54, 1.807) is 0 Å². The smallest absolute Gasteiger partial charge is 0.0595 e. The largest absolute Gasteiger partial charge is 0.309 e. The van der Waals surface area contributed by atoms with E-state index in [4.69, 9.17) is 29.6 Å². The van der Waals surface area contributed by atoms with Crippen molar-refractivity contribution in [3.63, 3.8) is 0 Å². The summed E-state index contributed by atoms with van der Waals surface area (Å²) in [5.74, 6) is 2.61. The molecule has 1 N–H and O–H groups in total. The molecule has 0 fully saturated rings. The molecule has 3 heteroatoms. The van der Waals surface area contributed by atoms with Gasteiger partial charge in [0.05, 0.1) is 10.0 Å². The average Bonchev–Trinajstić information content (AvgIpc) is 2.29. The fourth-order valence-corrected chi connectivity index (χ4v) is 1.85. The Morgan fingerprint density at radius 1 is 1.38 bits per heavy atom. The minimum Gasteiger partial charge on any atom is -0.309 e. The monoisotopic (exact) mass is 255 g/mol. The molecule has 0 saturated carbocycles.